The van der Waals surface area contributed by atoms with Crippen LogP contribution in [0.25, 0.3) is 32.9 Å². The third-order valence-electron chi connectivity index (χ3n) is 5.28. The standard InChI is InChI=1S/C22H21N3O3S/c1-26-18-10-15-9-14-3-6-28-21(14)20(17(15)11-19(18)27-2)16-12-23-22(24-13-16)25-4-7-29-8-5-25/h3,6,9-13H,4-5,7-8H2,1-2H3. The molecule has 3 heterocycles. The number of rotatable bonds is 4. The van der Waals surface area contributed by atoms with Gasteiger partial charge in [0, 0.05) is 53.5 Å². The summed E-state index contributed by atoms with van der Waals surface area (Å²) in [6.45, 7) is 1.97. The maximum absolute atomic E-state index is 5.85. The van der Waals surface area contributed by atoms with Gasteiger partial charge in [-0.15, -0.1) is 0 Å². The number of thioether (sulfide) groups is 1. The van der Waals surface area contributed by atoms with E-state index in [9.17, 15) is 0 Å². The molecule has 29 heavy (non-hydrogen) atoms. The third-order valence-corrected chi connectivity index (χ3v) is 6.22. The molecule has 6 nitrogen and oxygen atoms in total. The van der Waals surface area contributed by atoms with Gasteiger partial charge in [-0.25, -0.2) is 9.97 Å². The van der Waals surface area contributed by atoms with Gasteiger partial charge in [-0.05, 0) is 35.0 Å². The summed E-state index contributed by atoms with van der Waals surface area (Å²) < 4.78 is 16.9. The summed E-state index contributed by atoms with van der Waals surface area (Å²) in [5, 5.41) is 3.08. The molecule has 2 aromatic heterocycles. The van der Waals surface area contributed by atoms with Crippen LogP contribution in [0.2, 0.25) is 0 Å². The summed E-state index contributed by atoms with van der Waals surface area (Å²) in [4.78, 5) is 11.6. The molecule has 0 atom stereocenters. The first-order valence-corrected chi connectivity index (χ1v) is 10.6. The van der Waals surface area contributed by atoms with Crippen LogP contribution in [0.3, 0.4) is 0 Å². The fraction of sp³-hybridized carbons (Fsp3) is 0.273. The van der Waals surface area contributed by atoms with E-state index in [0.29, 0.717) is 11.5 Å². The quantitative estimate of drug-likeness (QED) is 0.489. The number of benzene rings is 2. The lowest BCUT2D eigenvalue weighted by atomic mass is 9.97. The van der Waals surface area contributed by atoms with Crippen LogP contribution >= 0.6 is 11.8 Å². The van der Waals surface area contributed by atoms with E-state index in [-0.39, 0.29) is 0 Å². The second-order valence-electron chi connectivity index (χ2n) is 6.89. The van der Waals surface area contributed by atoms with Gasteiger partial charge in [0.05, 0.1) is 20.5 Å². The second kappa shape index (κ2) is 7.48. The minimum absolute atomic E-state index is 0.676. The van der Waals surface area contributed by atoms with Crippen LogP contribution in [0.1, 0.15) is 0 Å². The minimum Gasteiger partial charge on any atom is -0.493 e. The molecular weight excluding hydrogens is 386 g/mol. The number of ether oxygens (including phenoxy) is 2. The Hall–Kier alpha value is -2.93. The first-order chi connectivity index (χ1) is 14.3. The zero-order valence-electron chi connectivity index (χ0n) is 16.3. The smallest absolute Gasteiger partial charge is 0.225 e. The van der Waals surface area contributed by atoms with Gasteiger partial charge in [0.25, 0.3) is 0 Å². The van der Waals surface area contributed by atoms with E-state index in [1.54, 1.807) is 20.5 Å². The van der Waals surface area contributed by atoms with Crippen LogP contribution in [0.5, 0.6) is 11.5 Å². The van der Waals surface area contributed by atoms with Crippen molar-refractivity contribution in [3.8, 4) is 22.6 Å². The number of anilines is 1. The third kappa shape index (κ3) is 3.15. The molecule has 1 saturated heterocycles. The van der Waals surface area contributed by atoms with E-state index in [2.05, 4.69) is 20.9 Å². The number of aromatic nitrogens is 2. The summed E-state index contributed by atoms with van der Waals surface area (Å²) in [7, 11) is 3.29. The van der Waals surface area contributed by atoms with Crippen molar-refractivity contribution in [2.75, 3.05) is 43.7 Å². The highest BCUT2D eigenvalue weighted by Crippen LogP contribution is 2.41. The molecule has 0 bridgehead atoms. The molecule has 4 aromatic rings. The van der Waals surface area contributed by atoms with Gasteiger partial charge in [0.1, 0.15) is 5.58 Å². The number of hydrogen-bond donors (Lipinski definition) is 0. The summed E-state index contributed by atoms with van der Waals surface area (Å²) in [5.74, 6) is 4.38. The Labute approximate surface area is 172 Å². The predicted octanol–water partition coefficient (Wildman–Crippen LogP) is 4.61. The lowest BCUT2D eigenvalue weighted by Gasteiger charge is -2.26. The van der Waals surface area contributed by atoms with E-state index in [0.717, 1.165) is 63.4 Å². The summed E-state index contributed by atoms with van der Waals surface area (Å²) >= 11 is 1.97. The van der Waals surface area contributed by atoms with Crippen LogP contribution in [-0.2, 0) is 0 Å². The van der Waals surface area contributed by atoms with Crippen LogP contribution in [0, 0.1) is 0 Å². The number of hydrogen-bond acceptors (Lipinski definition) is 7. The van der Waals surface area contributed by atoms with Crippen molar-refractivity contribution in [2.45, 2.75) is 0 Å². The molecular formula is C22H21N3O3S. The molecule has 1 aliphatic rings. The molecule has 0 aliphatic carbocycles. The van der Waals surface area contributed by atoms with Gasteiger partial charge >= 0.3 is 0 Å². The van der Waals surface area contributed by atoms with Gasteiger partial charge in [0.2, 0.25) is 5.95 Å². The summed E-state index contributed by atoms with van der Waals surface area (Å²) in [5.41, 5.74) is 2.69. The second-order valence-corrected chi connectivity index (χ2v) is 8.11. The van der Waals surface area contributed by atoms with Crippen LogP contribution in [0.4, 0.5) is 5.95 Å². The zero-order valence-corrected chi connectivity index (χ0v) is 17.2. The van der Waals surface area contributed by atoms with Crippen LogP contribution in [0.15, 0.2) is 47.3 Å². The molecule has 0 saturated carbocycles. The Kier molecular flexibility index (Phi) is 4.67. The lowest BCUT2D eigenvalue weighted by Crippen LogP contribution is -2.33. The highest BCUT2D eigenvalue weighted by atomic mass is 32.2. The predicted molar refractivity (Wildman–Crippen MR) is 117 cm³/mol. The highest BCUT2D eigenvalue weighted by Gasteiger charge is 2.18. The average Bonchev–Trinajstić information content (AvgIpc) is 3.25. The molecule has 1 fully saturated rings. The summed E-state index contributed by atoms with van der Waals surface area (Å²) in [6.07, 6.45) is 5.48. The van der Waals surface area contributed by atoms with Crippen molar-refractivity contribution < 1.29 is 13.9 Å². The Balaban J connectivity index is 1.68. The topological polar surface area (TPSA) is 60.6 Å². The molecule has 0 N–H and O–H groups in total. The number of fused-ring (bicyclic) bond motifs is 2. The molecule has 0 unspecified atom stereocenters. The SMILES string of the molecule is COc1cc2cc3ccoc3c(-c3cnc(N4CCSCC4)nc3)c2cc1OC. The fourth-order valence-corrected chi connectivity index (χ4v) is 4.72. The highest BCUT2D eigenvalue weighted by molar-refractivity contribution is 7.99. The van der Waals surface area contributed by atoms with E-state index in [4.69, 9.17) is 13.9 Å². The number of nitrogens with zero attached hydrogens (tertiary/aromatic N) is 3. The van der Waals surface area contributed by atoms with E-state index < -0.39 is 0 Å². The molecule has 7 heteroatoms. The monoisotopic (exact) mass is 407 g/mol. The number of methoxy groups -OCH3 is 2. The zero-order chi connectivity index (χ0) is 19.8. The Bertz CT molecular complexity index is 1170. The fourth-order valence-electron chi connectivity index (χ4n) is 3.82. The Morgan fingerprint density at radius 3 is 2.41 bits per heavy atom. The van der Waals surface area contributed by atoms with Crippen molar-refractivity contribution in [3.63, 3.8) is 0 Å². The maximum atomic E-state index is 5.85. The van der Waals surface area contributed by atoms with Gasteiger partial charge in [0.15, 0.2) is 11.5 Å². The van der Waals surface area contributed by atoms with Crippen molar-refractivity contribution in [2.24, 2.45) is 0 Å². The maximum Gasteiger partial charge on any atom is 0.225 e. The van der Waals surface area contributed by atoms with Gasteiger partial charge in [-0.3, -0.25) is 0 Å². The Morgan fingerprint density at radius 2 is 1.69 bits per heavy atom. The van der Waals surface area contributed by atoms with E-state index in [1.807, 2.05) is 42.4 Å². The van der Waals surface area contributed by atoms with E-state index in [1.165, 1.54) is 0 Å². The van der Waals surface area contributed by atoms with Crippen LogP contribution < -0.4 is 14.4 Å². The molecule has 148 valence electrons. The first kappa shape index (κ1) is 18.1. The van der Waals surface area contributed by atoms with Gasteiger partial charge < -0.3 is 18.8 Å². The van der Waals surface area contributed by atoms with Crippen molar-refractivity contribution in [1.82, 2.24) is 9.97 Å². The molecule has 1 aliphatic heterocycles. The van der Waals surface area contributed by atoms with Crippen molar-refractivity contribution in [1.29, 1.82) is 0 Å². The Morgan fingerprint density at radius 1 is 0.966 bits per heavy atom. The van der Waals surface area contributed by atoms with Gasteiger partial charge in [-0.1, -0.05) is 0 Å². The van der Waals surface area contributed by atoms with Crippen molar-refractivity contribution in [3.05, 3.63) is 42.9 Å². The van der Waals surface area contributed by atoms with Crippen molar-refractivity contribution >= 4 is 39.5 Å². The molecule has 0 radical (unpaired) electrons. The molecule has 2 aromatic carbocycles. The van der Waals surface area contributed by atoms with E-state index >= 15 is 0 Å². The molecule has 0 spiro atoms. The largest absolute Gasteiger partial charge is 0.493 e. The summed E-state index contributed by atoms with van der Waals surface area (Å²) in [6, 6.07) is 8.04. The average molecular weight is 407 g/mol. The van der Waals surface area contributed by atoms with Gasteiger partial charge in [-0.2, -0.15) is 11.8 Å². The molecule has 0 amide bonds. The number of furan rings is 1. The van der Waals surface area contributed by atoms with Crippen LogP contribution in [-0.4, -0.2) is 48.8 Å². The first-order valence-electron chi connectivity index (χ1n) is 9.49. The minimum atomic E-state index is 0.676. The molecule has 5 rings (SSSR count). The lowest BCUT2D eigenvalue weighted by molar-refractivity contribution is 0.356. The normalized spacial score (nSPS) is 14.5.